The number of carbonyl (C=O) groups excluding carboxylic acids is 1. The van der Waals surface area contributed by atoms with E-state index in [-0.39, 0.29) is 47.6 Å². The van der Waals surface area contributed by atoms with Crippen LogP contribution in [0.25, 0.3) is 0 Å². The summed E-state index contributed by atoms with van der Waals surface area (Å²) in [6, 6.07) is 5.61. The highest BCUT2D eigenvalue weighted by Gasteiger charge is 2.28. The van der Waals surface area contributed by atoms with Crippen LogP contribution in [0.4, 0.5) is 9.52 Å². The summed E-state index contributed by atoms with van der Waals surface area (Å²) in [7, 11) is -3.82. The van der Waals surface area contributed by atoms with Gasteiger partial charge in [-0.15, -0.1) is 0 Å². The second-order valence-corrected chi connectivity index (χ2v) is 10.6. The number of aliphatic hydroxyl groups excluding tert-OH is 1. The zero-order valence-corrected chi connectivity index (χ0v) is 21.1. The van der Waals surface area contributed by atoms with Gasteiger partial charge in [-0.05, 0) is 31.9 Å². The van der Waals surface area contributed by atoms with Crippen LogP contribution in [-0.4, -0.2) is 72.9 Å². The molecule has 1 aliphatic carbocycles. The molecular formula is C22H29FN4O6S2. The predicted octanol–water partition coefficient (Wildman–Crippen LogP) is 2.60. The van der Waals surface area contributed by atoms with Crippen LogP contribution in [0.2, 0.25) is 0 Å². The number of hydrogen-bond donors (Lipinski definition) is 2. The van der Waals surface area contributed by atoms with E-state index in [0.29, 0.717) is 29.9 Å². The van der Waals surface area contributed by atoms with Crippen LogP contribution in [0.15, 0.2) is 40.5 Å². The number of halogens is 1. The van der Waals surface area contributed by atoms with Crippen LogP contribution < -0.4 is 5.32 Å². The molecule has 1 heterocycles. The number of nitrogens with one attached hydrogen (secondary N) is 1. The van der Waals surface area contributed by atoms with Crippen molar-refractivity contribution in [2.75, 3.05) is 31.6 Å². The average molecular weight is 529 g/mol. The number of rotatable bonds is 12. The van der Waals surface area contributed by atoms with Crippen molar-refractivity contribution >= 4 is 38.1 Å². The minimum absolute atomic E-state index is 0.00886. The molecule has 2 atom stereocenters. The van der Waals surface area contributed by atoms with E-state index in [9.17, 15) is 17.6 Å². The number of sulfonamides is 1. The Kier molecular flexibility index (Phi) is 9.69. The molecule has 1 aliphatic rings. The van der Waals surface area contributed by atoms with E-state index in [1.165, 1.54) is 24.3 Å². The van der Waals surface area contributed by atoms with Crippen LogP contribution in [0.5, 0.6) is 0 Å². The fourth-order valence-electron chi connectivity index (χ4n) is 3.70. The summed E-state index contributed by atoms with van der Waals surface area (Å²) >= 11 is 0.667. The maximum absolute atomic E-state index is 13.3. The predicted molar refractivity (Wildman–Crippen MR) is 129 cm³/mol. The van der Waals surface area contributed by atoms with Gasteiger partial charge in [0.15, 0.2) is 16.0 Å². The largest absolute Gasteiger partial charge is 0.395 e. The third-order valence-electron chi connectivity index (χ3n) is 5.41. The summed E-state index contributed by atoms with van der Waals surface area (Å²) in [6.07, 6.45) is 3.01. The fraction of sp³-hybridized carbons (Fsp3) is 0.500. The topological polar surface area (TPSA) is 130 Å². The summed E-state index contributed by atoms with van der Waals surface area (Å²) in [6.45, 7) is 4.06. The van der Waals surface area contributed by atoms with E-state index in [4.69, 9.17) is 14.7 Å². The lowest BCUT2D eigenvalue weighted by Crippen LogP contribution is -2.33. The Bertz CT molecular complexity index is 1120. The minimum atomic E-state index is -3.82. The normalized spacial score (nSPS) is 18.7. The molecule has 1 fully saturated rings. The highest BCUT2D eigenvalue weighted by molar-refractivity contribution is 7.89. The summed E-state index contributed by atoms with van der Waals surface area (Å²) in [5.41, 5.74) is 0.204. The standard InChI is InChI=1S/C22H29FN4O6S2/c1-3-27(11-12-28)35(30,31)18-9-5-15(6-10-18)20(21(29)25-22-24-14-19(23)34-22)26-33-17-8-7-16(13-17)32-4-2/h5-6,9-10,14,16-17,28H,3-4,7-8,11-13H2,1-2H3,(H,24,25,29)/t16-,17-/m1/s1. The van der Waals surface area contributed by atoms with Gasteiger partial charge in [-0.3, -0.25) is 10.1 Å². The molecule has 0 spiro atoms. The van der Waals surface area contributed by atoms with Crippen LogP contribution in [0.1, 0.15) is 38.7 Å². The van der Waals surface area contributed by atoms with Crippen LogP contribution in [0.3, 0.4) is 0 Å². The number of hydrogen-bond acceptors (Lipinski definition) is 9. The van der Waals surface area contributed by atoms with E-state index in [0.717, 1.165) is 23.3 Å². The van der Waals surface area contributed by atoms with Crippen molar-refractivity contribution < 1.29 is 32.3 Å². The van der Waals surface area contributed by atoms with Gasteiger partial charge in [0.2, 0.25) is 10.0 Å². The number of ether oxygens (including phenoxy) is 1. The molecule has 0 saturated heterocycles. The first kappa shape index (κ1) is 27.1. The molecule has 2 N–H and O–H groups in total. The van der Waals surface area contributed by atoms with E-state index in [1.807, 2.05) is 6.92 Å². The van der Waals surface area contributed by atoms with Crippen molar-refractivity contribution in [1.29, 1.82) is 0 Å². The zero-order valence-electron chi connectivity index (χ0n) is 19.5. The maximum atomic E-state index is 13.3. The lowest BCUT2D eigenvalue weighted by molar-refractivity contribution is -0.110. The Balaban J connectivity index is 1.84. The molecule has 1 saturated carbocycles. The molecule has 10 nitrogen and oxygen atoms in total. The number of benzene rings is 1. The molecule has 1 aromatic heterocycles. The van der Waals surface area contributed by atoms with Gasteiger partial charge in [-0.25, -0.2) is 13.4 Å². The molecule has 35 heavy (non-hydrogen) atoms. The SMILES string of the molecule is CCO[C@@H]1CC[C@@H](ON=C(C(=O)Nc2ncc(F)s2)c2ccc(S(=O)(=O)N(CC)CCO)cc2)C1. The van der Waals surface area contributed by atoms with Gasteiger partial charge in [0.05, 0.1) is 23.8 Å². The first-order valence-electron chi connectivity index (χ1n) is 11.3. The first-order valence-corrected chi connectivity index (χ1v) is 13.5. The summed E-state index contributed by atoms with van der Waals surface area (Å²) in [4.78, 5) is 22.4. The number of aromatic nitrogens is 1. The Labute approximate surface area is 207 Å². The van der Waals surface area contributed by atoms with Gasteiger partial charge in [0.25, 0.3) is 5.91 Å². The van der Waals surface area contributed by atoms with Gasteiger partial charge in [0, 0.05) is 31.7 Å². The Morgan fingerprint density at radius 2 is 2.00 bits per heavy atom. The number of aliphatic hydroxyl groups is 1. The van der Waals surface area contributed by atoms with E-state index in [1.54, 1.807) is 6.92 Å². The number of nitrogens with zero attached hydrogens (tertiary/aromatic N) is 3. The van der Waals surface area contributed by atoms with Crippen molar-refractivity contribution in [2.45, 2.75) is 50.2 Å². The molecule has 0 aliphatic heterocycles. The lowest BCUT2D eigenvalue weighted by atomic mass is 10.1. The maximum Gasteiger partial charge on any atom is 0.280 e. The summed E-state index contributed by atoms with van der Waals surface area (Å²) in [5.74, 6) is -0.676. The minimum Gasteiger partial charge on any atom is -0.395 e. The van der Waals surface area contributed by atoms with Crippen molar-refractivity contribution in [1.82, 2.24) is 9.29 Å². The number of carbonyl (C=O) groups is 1. The van der Waals surface area contributed by atoms with Crippen LogP contribution >= 0.6 is 11.3 Å². The van der Waals surface area contributed by atoms with Crippen molar-refractivity contribution in [3.63, 3.8) is 0 Å². The molecule has 1 amide bonds. The summed E-state index contributed by atoms with van der Waals surface area (Å²) < 4.78 is 45.7. The number of oxime groups is 1. The molecule has 0 radical (unpaired) electrons. The van der Waals surface area contributed by atoms with E-state index >= 15 is 0 Å². The molecule has 192 valence electrons. The van der Waals surface area contributed by atoms with Crippen molar-refractivity contribution in [2.24, 2.45) is 5.16 Å². The quantitative estimate of drug-likeness (QED) is 0.320. The summed E-state index contributed by atoms with van der Waals surface area (Å²) in [5, 5.41) is 15.2. The molecule has 3 rings (SSSR count). The number of thiazole rings is 1. The van der Waals surface area contributed by atoms with Gasteiger partial charge in [-0.2, -0.15) is 8.70 Å². The molecule has 13 heteroatoms. The highest BCUT2D eigenvalue weighted by atomic mass is 32.2. The first-order chi connectivity index (χ1) is 16.8. The van der Waals surface area contributed by atoms with Crippen LogP contribution in [-0.2, 0) is 24.4 Å². The number of amides is 1. The van der Waals surface area contributed by atoms with Gasteiger partial charge in [0.1, 0.15) is 6.10 Å². The third kappa shape index (κ3) is 7.04. The van der Waals surface area contributed by atoms with Gasteiger partial charge < -0.3 is 14.7 Å². The zero-order chi connectivity index (χ0) is 25.4. The fourth-order valence-corrected chi connectivity index (χ4v) is 5.68. The second kappa shape index (κ2) is 12.5. The Morgan fingerprint density at radius 3 is 2.60 bits per heavy atom. The average Bonchev–Trinajstić information content (AvgIpc) is 3.46. The lowest BCUT2D eigenvalue weighted by Gasteiger charge is -2.19. The van der Waals surface area contributed by atoms with E-state index < -0.39 is 21.1 Å². The smallest absolute Gasteiger partial charge is 0.280 e. The molecular weight excluding hydrogens is 499 g/mol. The third-order valence-corrected chi connectivity index (χ3v) is 8.10. The highest BCUT2D eigenvalue weighted by Crippen LogP contribution is 2.25. The van der Waals surface area contributed by atoms with Gasteiger partial charge in [-0.1, -0.05) is 35.5 Å². The van der Waals surface area contributed by atoms with Crippen molar-refractivity contribution in [3.05, 3.63) is 41.2 Å². The molecule has 2 aromatic rings. The van der Waals surface area contributed by atoms with Crippen molar-refractivity contribution in [3.8, 4) is 0 Å². The molecule has 1 aromatic carbocycles. The second-order valence-electron chi connectivity index (χ2n) is 7.73. The molecule has 0 bridgehead atoms. The number of likely N-dealkylation sites (N-methyl/N-ethyl adjacent to an activating group) is 1. The van der Waals surface area contributed by atoms with Gasteiger partial charge >= 0.3 is 0 Å². The Morgan fingerprint density at radius 1 is 1.29 bits per heavy atom. The number of anilines is 1. The van der Waals surface area contributed by atoms with E-state index in [2.05, 4.69) is 15.5 Å². The molecule has 0 unspecified atom stereocenters. The Hall–Kier alpha value is -2.45. The monoisotopic (exact) mass is 528 g/mol. The van der Waals surface area contributed by atoms with Crippen LogP contribution in [0, 0.1) is 5.13 Å².